The molecule has 0 bridgehead atoms. The summed E-state index contributed by atoms with van der Waals surface area (Å²) in [5.41, 5.74) is 6.49. The van der Waals surface area contributed by atoms with E-state index in [4.69, 9.17) is 5.10 Å². The van der Waals surface area contributed by atoms with E-state index in [1.54, 1.807) is 35.8 Å². The van der Waals surface area contributed by atoms with Crippen molar-refractivity contribution in [3.8, 4) is 23.0 Å². The lowest BCUT2D eigenvalue weighted by molar-refractivity contribution is -0.133. The molecule has 1 aliphatic rings. The second kappa shape index (κ2) is 10.3. The fraction of sp³-hybridized carbons (Fsp3) is 0.233. The summed E-state index contributed by atoms with van der Waals surface area (Å²) in [6.45, 7) is 0. The summed E-state index contributed by atoms with van der Waals surface area (Å²) in [6.07, 6.45) is 2.50. The molecule has 0 spiro atoms. The maximum atomic E-state index is 12.9. The molecule has 3 aromatic carbocycles. The van der Waals surface area contributed by atoms with Crippen LogP contribution in [0.15, 0.2) is 72.8 Å². The molecule has 1 fully saturated rings. The van der Waals surface area contributed by atoms with Crippen molar-refractivity contribution in [2.75, 3.05) is 14.1 Å². The smallest absolute Gasteiger partial charge is 0.268 e. The van der Waals surface area contributed by atoms with Crippen LogP contribution in [0.1, 0.15) is 40.5 Å². The van der Waals surface area contributed by atoms with E-state index < -0.39 is 11.9 Å². The molecule has 1 heterocycles. The average Bonchev–Trinajstić information content (AvgIpc) is 3.69. The number of hydroxylamine groups is 1. The predicted octanol–water partition coefficient (Wildman–Crippen LogP) is 4.46. The first-order valence-electron chi connectivity index (χ1n) is 12.3. The molecule has 1 atom stereocenters. The van der Waals surface area contributed by atoms with Crippen molar-refractivity contribution in [3.05, 3.63) is 89.6 Å². The first-order valence-corrected chi connectivity index (χ1v) is 12.3. The van der Waals surface area contributed by atoms with Crippen LogP contribution in [0.25, 0.3) is 22.0 Å². The molecule has 1 aliphatic carbocycles. The molecule has 1 saturated carbocycles. The lowest BCUT2D eigenvalue weighted by Gasteiger charge is -2.17. The van der Waals surface area contributed by atoms with Crippen LogP contribution in [0.3, 0.4) is 0 Å². The molecule has 4 aromatic rings. The first kappa shape index (κ1) is 24.3. The maximum Gasteiger partial charge on any atom is 0.268 e. The van der Waals surface area contributed by atoms with Gasteiger partial charge in [-0.05, 0) is 48.1 Å². The van der Waals surface area contributed by atoms with E-state index in [0.29, 0.717) is 29.1 Å². The molecule has 5 rings (SSSR count). The van der Waals surface area contributed by atoms with Gasteiger partial charge in [0.2, 0.25) is 0 Å². The highest BCUT2D eigenvalue weighted by Gasteiger charge is 2.27. The van der Waals surface area contributed by atoms with Gasteiger partial charge < -0.3 is 4.90 Å². The summed E-state index contributed by atoms with van der Waals surface area (Å²) in [6, 6.07) is 22.1. The van der Waals surface area contributed by atoms with Crippen molar-refractivity contribution in [2.24, 2.45) is 5.92 Å². The second-order valence-corrected chi connectivity index (χ2v) is 9.50. The highest BCUT2D eigenvalue weighted by Crippen LogP contribution is 2.33. The van der Waals surface area contributed by atoms with Crippen molar-refractivity contribution >= 4 is 22.7 Å². The van der Waals surface area contributed by atoms with Gasteiger partial charge in [0.25, 0.3) is 11.8 Å². The quantitative estimate of drug-likeness (QED) is 0.236. The van der Waals surface area contributed by atoms with Crippen LogP contribution in [0.4, 0.5) is 0 Å². The zero-order valence-corrected chi connectivity index (χ0v) is 20.8. The van der Waals surface area contributed by atoms with Crippen LogP contribution < -0.4 is 5.48 Å². The van der Waals surface area contributed by atoms with Crippen LogP contribution in [0.2, 0.25) is 0 Å². The Balaban J connectivity index is 1.64. The van der Waals surface area contributed by atoms with Gasteiger partial charge in [0, 0.05) is 42.9 Å². The standard InChI is InChI=1S/C30H28N4O3/c1-33(2)30(36)23-16-14-22(15-17-23)24-9-6-10-25-26(18-13-20-11-12-20)34(31-28(24)25)27(29(35)32-37)19-21-7-4-3-5-8-21/h3-10,14-17,20,27,37H,11-12,19H2,1-2H3,(H,32,35). The van der Waals surface area contributed by atoms with Crippen molar-refractivity contribution in [2.45, 2.75) is 25.3 Å². The van der Waals surface area contributed by atoms with E-state index >= 15 is 0 Å². The monoisotopic (exact) mass is 492 g/mol. The Bertz CT molecular complexity index is 1510. The fourth-order valence-corrected chi connectivity index (χ4v) is 4.36. The first-order chi connectivity index (χ1) is 18.0. The van der Waals surface area contributed by atoms with E-state index in [9.17, 15) is 14.8 Å². The Labute approximate surface area is 215 Å². The minimum atomic E-state index is -0.795. The molecule has 0 saturated heterocycles. The Kier molecular flexibility index (Phi) is 6.76. The largest absolute Gasteiger partial charge is 0.345 e. The number of hydrogen-bond acceptors (Lipinski definition) is 4. The SMILES string of the molecule is CN(C)C(=O)c1ccc(-c2cccc3c(C#CC4CC4)n(C(Cc4ccccc4)C(=O)NO)nc23)cc1. The summed E-state index contributed by atoms with van der Waals surface area (Å²) in [4.78, 5) is 26.8. The van der Waals surface area contributed by atoms with Crippen molar-refractivity contribution in [1.29, 1.82) is 0 Å². The number of fused-ring (bicyclic) bond motifs is 1. The number of carbonyl (C=O) groups is 2. The summed E-state index contributed by atoms with van der Waals surface area (Å²) >= 11 is 0. The molecule has 7 nitrogen and oxygen atoms in total. The lowest BCUT2D eigenvalue weighted by Crippen LogP contribution is -2.33. The number of benzene rings is 3. The fourth-order valence-electron chi connectivity index (χ4n) is 4.36. The molecule has 7 heteroatoms. The van der Waals surface area contributed by atoms with E-state index in [0.717, 1.165) is 34.9 Å². The van der Waals surface area contributed by atoms with Crippen LogP contribution in [-0.2, 0) is 11.2 Å². The number of nitrogens with one attached hydrogen (secondary N) is 1. The Morgan fingerprint density at radius 1 is 1.05 bits per heavy atom. The number of aromatic nitrogens is 2. The van der Waals surface area contributed by atoms with Crippen molar-refractivity contribution in [1.82, 2.24) is 20.2 Å². The predicted molar refractivity (Wildman–Crippen MR) is 142 cm³/mol. The molecule has 2 amide bonds. The Morgan fingerprint density at radius 2 is 1.78 bits per heavy atom. The van der Waals surface area contributed by atoms with Crippen LogP contribution in [0, 0.1) is 17.8 Å². The normalized spacial score (nSPS) is 13.5. The Morgan fingerprint density at radius 3 is 2.43 bits per heavy atom. The molecule has 2 N–H and O–H groups in total. The van der Waals surface area contributed by atoms with Gasteiger partial charge in [0.1, 0.15) is 17.3 Å². The van der Waals surface area contributed by atoms with Gasteiger partial charge in [-0.1, -0.05) is 60.5 Å². The van der Waals surface area contributed by atoms with E-state index in [1.807, 2.05) is 66.1 Å². The minimum Gasteiger partial charge on any atom is -0.345 e. The molecule has 1 unspecified atom stereocenters. The maximum absolute atomic E-state index is 12.9. The van der Waals surface area contributed by atoms with E-state index in [-0.39, 0.29) is 5.91 Å². The van der Waals surface area contributed by atoms with Gasteiger partial charge in [-0.25, -0.2) is 10.2 Å². The number of nitrogens with zero attached hydrogens (tertiary/aromatic N) is 3. The molecule has 0 radical (unpaired) electrons. The lowest BCUT2D eigenvalue weighted by atomic mass is 10.0. The highest BCUT2D eigenvalue weighted by atomic mass is 16.5. The molecule has 0 aliphatic heterocycles. The van der Waals surface area contributed by atoms with E-state index in [1.165, 1.54) is 0 Å². The summed E-state index contributed by atoms with van der Waals surface area (Å²) in [5.74, 6) is 6.35. The van der Waals surface area contributed by atoms with E-state index in [2.05, 4.69) is 11.8 Å². The number of rotatable bonds is 6. The molecular formula is C30H28N4O3. The van der Waals surface area contributed by atoms with Gasteiger partial charge in [-0.15, -0.1) is 0 Å². The molecular weight excluding hydrogens is 464 g/mol. The zero-order chi connectivity index (χ0) is 25.9. The summed E-state index contributed by atoms with van der Waals surface area (Å²) in [5, 5.41) is 15.3. The van der Waals surface area contributed by atoms with Gasteiger partial charge in [-0.3, -0.25) is 14.8 Å². The van der Waals surface area contributed by atoms with Crippen molar-refractivity contribution < 1.29 is 14.8 Å². The molecule has 186 valence electrons. The molecule has 37 heavy (non-hydrogen) atoms. The average molecular weight is 493 g/mol. The van der Waals surface area contributed by atoms with Gasteiger partial charge in [-0.2, -0.15) is 5.10 Å². The number of carbonyl (C=O) groups excluding carboxylic acids is 2. The number of amides is 2. The number of hydrogen-bond donors (Lipinski definition) is 2. The third kappa shape index (κ3) is 5.11. The van der Waals surface area contributed by atoms with Crippen molar-refractivity contribution in [3.63, 3.8) is 0 Å². The third-order valence-electron chi connectivity index (χ3n) is 6.53. The van der Waals surface area contributed by atoms with Crippen LogP contribution in [-0.4, -0.2) is 45.8 Å². The zero-order valence-electron chi connectivity index (χ0n) is 20.8. The van der Waals surface area contributed by atoms with Crippen LogP contribution in [0.5, 0.6) is 0 Å². The third-order valence-corrected chi connectivity index (χ3v) is 6.53. The Hall–Kier alpha value is -4.41. The van der Waals surface area contributed by atoms with Gasteiger partial charge in [0.05, 0.1) is 0 Å². The summed E-state index contributed by atoms with van der Waals surface area (Å²) < 4.78 is 1.64. The van der Waals surface area contributed by atoms with Gasteiger partial charge >= 0.3 is 0 Å². The minimum absolute atomic E-state index is 0.0644. The van der Waals surface area contributed by atoms with Gasteiger partial charge in [0.15, 0.2) is 0 Å². The second-order valence-electron chi connectivity index (χ2n) is 9.50. The summed E-state index contributed by atoms with van der Waals surface area (Å²) in [7, 11) is 3.45. The topological polar surface area (TPSA) is 87.5 Å². The highest BCUT2D eigenvalue weighted by molar-refractivity contribution is 5.98. The van der Waals surface area contributed by atoms with Crippen LogP contribution >= 0.6 is 0 Å². The molecule has 1 aromatic heterocycles.